The Hall–Kier alpha value is -1.99. The van der Waals surface area contributed by atoms with Crippen LogP contribution in [0.3, 0.4) is 0 Å². The Morgan fingerprint density at radius 3 is 3.05 bits per heavy atom. The van der Waals surface area contributed by atoms with Gasteiger partial charge in [-0.05, 0) is 12.1 Å². The number of anilines is 1. The average Bonchev–Trinajstić information content (AvgIpc) is 2.98. The van der Waals surface area contributed by atoms with E-state index in [9.17, 15) is 0 Å². The van der Waals surface area contributed by atoms with Crippen LogP contribution in [0.2, 0.25) is 0 Å². The Bertz CT molecular complexity index is 523. The fraction of sp³-hybridized carbons (Fsp3) is 0.462. The monoisotopic (exact) mass is 274 g/mol. The van der Waals surface area contributed by atoms with Crippen molar-refractivity contribution < 1.29 is 4.74 Å². The van der Waals surface area contributed by atoms with E-state index in [0.29, 0.717) is 11.8 Å². The van der Waals surface area contributed by atoms with Crippen LogP contribution in [0.1, 0.15) is 0 Å². The van der Waals surface area contributed by atoms with Gasteiger partial charge in [0.1, 0.15) is 0 Å². The number of morpholine rings is 1. The van der Waals surface area contributed by atoms with Crippen molar-refractivity contribution in [2.45, 2.75) is 0 Å². The maximum absolute atomic E-state index is 5.32. The van der Waals surface area contributed by atoms with E-state index in [2.05, 4.69) is 30.4 Å². The fourth-order valence-electron chi connectivity index (χ4n) is 2.12. The zero-order valence-corrected chi connectivity index (χ0v) is 11.2. The summed E-state index contributed by atoms with van der Waals surface area (Å²) in [5.74, 6) is 1.35. The molecular weight excluding hydrogens is 256 g/mol. The van der Waals surface area contributed by atoms with Crippen LogP contribution in [0.15, 0.2) is 24.5 Å². The highest BCUT2D eigenvalue weighted by molar-refractivity contribution is 5.54. The van der Waals surface area contributed by atoms with Gasteiger partial charge in [-0.2, -0.15) is 10.1 Å². The number of H-pyrrole nitrogens is 1. The number of aromatic amines is 1. The predicted octanol–water partition coefficient (Wildman–Crippen LogP) is 0.611. The van der Waals surface area contributed by atoms with Crippen molar-refractivity contribution in [1.82, 2.24) is 25.1 Å². The van der Waals surface area contributed by atoms with Crippen LogP contribution in [-0.2, 0) is 4.74 Å². The third-order valence-corrected chi connectivity index (χ3v) is 3.23. The van der Waals surface area contributed by atoms with Crippen LogP contribution in [0.4, 0.5) is 5.95 Å². The first-order valence-corrected chi connectivity index (χ1v) is 6.78. The maximum Gasteiger partial charge on any atom is 0.219 e. The molecule has 0 atom stereocenters. The van der Waals surface area contributed by atoms with Gasteiger partial charge < -0.3 is 10.1 Å². The number of rotatable bonds is 5. The van der Waals surface area contributed by atoms with Crippen molar-refractivity contribution in [3.05, 3.63) is 24.5 Å². The molecule has 2 N–H and O–H groups in total. The number of hydrogen-bond acceptors (Lipinski definition) is 6. The standard InChI is InChI=1S/C13H18N6O/c1-2-11(10-14-3-1)12-16-13(18-17-12)15-4-5-19-6-8-20-9-7-19/h1-3,10H,4-9H2,(H2,15,16,17,18). The van der Waals surface area contributed by atoms with E-state index in [0.717, 1.165) is 45.0 Å². The molecular formula is C13H18N6O. The third-order valence-electron chi connectivity index (χ3n) is 3.23. The molecule has 20 heavy (non-hydrogen) atoms. The summed E-state index contributed by atoms with van der Waals surface area (Å²) in [5, 5.41) is 10.3. The van der Waals surface area contributed by atoms with E-state index in [1.165, 1.54) is 0 Å². The number of pyridine rings is 1. The Morgan fingerprint density at radius 2 is 2.25 bits per heavy atom. The molecule has 1 saturated heterocycles. The van der Waals surface area contributed by atoms with Gasteiger partial charge in [-0.3, -0.25) is 9.88 Å². The second kappa shape index (κ2) is 6.44. The predicted molar refractivity (Wildman–Crippen MR) is 75.4 cm³/mol. The second-order valence-corrected chi connectivity index (χ2v) is 4.63. The molecule has 3 rings (SSSR count). The maximum atomic E-state index is 5.32. The van der Waals surface area contributed by atoms with Gasteiger partial charge in [0.15, 0.2) is 5.82 Å². The average molecular weight is 274 g/mol. The largest absolute Gasteiger partial charge is 0.379 e. The molecule has 7 nitrogen and oxygen atoms in total. The van der Waals surface area contributed by atoms with Crippen molar-refractivity contribution in [3.8, 4) is 11.4 Å². The van der Waals surface area contributed by atoms with Crippen LogP contribution < -0.4 is 5.32 Å². The molecule has 0 unspecified atom stereocenters. The van der Waals surface area contributed by atoms with Gasteiger partial charge in [0, 0.05) is 44.1 Å². The lowest BCUT2D eigenvalue weighted by molar-refractivity contribution is 0.0398. The second-order valence-electron chi connectivity index (χ2n) is 4.63. The SMILES string of the molecule is c1cncc(-c2n[nH]c(NCCN3CCOCC3)n2)c1. The lowest BCUT2D eigenvalue weighted by atomic mass is 10.3. The Morgan fingerprint density at radius 1 is 1.35 bits per heavy atom. The van der Waals surface area contributed by atoms with Crippen molar-refractivity contribution in [1.29, 1.82) is 0 Å². The van der Waals surface area contributed by atoms with Crippen LogP contribution in [-0.4, -0.2) is 64.5 Å². The lowest BCUT2D eigenvalue weighted by Gasteiger charge is -2.26. The van der Waals surface area contributed by atoms with Gasteiger partial charge in [0.2, 0.25) is 5.95 Å². The minimum Gasteiger partial charge on any atom is -0.379 e. The van der Waals surface area contributed by atoms with Gasteiger partial charge in [-0.15, -0.1) is 0 Å². The molecule has 106 valence electrons. The zero-order chi connectivity index (χ0) is 13.6. The van der Waals surface area contributed by atoms with Gasteiger partial charge in [0.25, 0.3) is 0 Å². The summed E-state index contributed by atoms with van der Waals surface area (Å²) in [6, 6.07) is 3.81. The van der Waals surface area contributed by atoms with E-state index >= 15 is 0 Å². The van der Waals surface area contributed by atoms with E-state index in [1.54, 1.807) is 12.4 Å². The quantitative estimate of drug-likeness (QED) is 0.831. The number of hydrogen-bond donors (Lipinski definition) is 2. The van der Waals surface area contributed by atoms with E-state index in [-0.39, 0.29) is 0 Å². The number of nitrogens with zero attached hydrogens (tertiary/aromatic N) is 4. The molecule has 0 spiro atoms. The van der Waals surface area contributed by atoms with E-state index in [1.807, 2.05) is 12.1 Å². The van der Waals surface area contributed by atoms with Crippen molar-refractivity contribution in [2.24, 2.45) is 0 Å². The topological polar surface area (TPSA) is 79.0 Å². The van der Waals surface area contributed by atoms with Crippen molar-refractivity contribution in [2.75, 3.05) is 44.7 Å². The molecule has 2 aromatic rings. The summed E-state index contributed by atoms with van der Waals surface area (Å²) in [6.45, 7) is 5.47. The Kier molecular flexibility index (Phi) is 4.19. The van der Waals surface area contributed by atoms with Crippen molar-refractivity contribution in [3.63, 3.8) is 0 Å². The highest BCUT2D eigenvalue weighted by Gasteiger charge is 2.10. The van der Waals surface area contributed by atoms with E-state index in [4.69, 9.17) is 4.74 Å². The minimum absolute atomic E-state index is 0.659. The van der Waals surface area contributed by atoms with Crippen LogP contribution in [0.25, 0.3) is 11.4 Å². The van der Waals surface area contributed by atoms with Crippen LogP contribution in [0, 0.1) is 0 Å². The first-order valence-electron chi connectivity index (χ1n) is 6.78. The first kappa shape index (κ1) is 13.0. The molecule has 0 aromatic carbocycles. The Balaban J connectivity index is 1.50. The third kappa shape index (κ3) is 3.31. The molecule has 7 heteroatoms. The number of ether oxygens (including phenoxy) is 1. The molecule has 0 radical (unpaired) electrons. The zero-order valence-electron chi connectivity index (χ0n) is 11.2. The van der Waals surface area contributed by atoms with Crippen LogP contribution >= 0.6 is 0 Å². The van der Waals surface area contributed by atoms with E-state index < -0.39 is 0 Å². The Labute approximate surface area is 117 Å². The first-order chi connectivity index (χ1) is 9.92. The molecule has 1 fully saturated rings. The van der Waals surface area contributed by atoms with Gasteiger partial charge in [-0.25, -0.2) is 5.10 Å². The molecule has 0 amide bonds. The molecule has 3 heterocycles. The summed E-state index contributed by atoms with van der Waals surface area (Å²) >= 11 is 0. The van der Waals surface area contributed by atoms with Gasteiger partial charge in [0.05, 0.1) is 13.2 Å². The highest BCUT2D eigenvalue weighted by Crippen LogP contribution is 2.13. The summed E-state index contributed by atoms with van der Waals surface area (Å²) in [5.41, 5.74) is 0.907. The van der Waals surface area contributed by atoms with Gasteiger partial charge >= 0.3 is 0 Å². The summed E-state index contributed by atoms with van der Waals surface area (Å²) < 4.78 is 5.32. The smallest absolute Gasteiger partial charge is 0.219 e. The fourth-order valence-corrected chi connectivity index (χ4v) is 2.12. The normalized spacial score (nSPS) is 16.2. The molecule has 1 aliphatic heterocycles. The van der Waals surface area contributed by atoms with Crippen molar-refractivity contribution >= 4 is 5.95 Å². The number of aromatic nitrogens is 4. The molecule has 2 aromatic heterocycles. The minimum atomic E-state index is 0.659. The molecule has 0 saturated carbocycles. The summed E-state index contributed by atoms with van der Waals surface area (Å²) in [7, 11) is 0. The molecule has 0 aliphatic carbocycles. The number of nitrogens with one attached hydrogen (secondary N) is 2. The van der Waals surface area contributed by atoms with Gasteiger partial charge in [-0.1, -0.05) is 0 Å². The molecule has 0 bridgehead atoms. The summed E-state index contributed by atoms with van der Waals surface area (Å²) in [4.78, 5) is 10.8. The molecule has 1 aliphatic rings. The van der Waals surface area contributed by atoms with Crippen LogP contribution in [0.5, 0.6) is 0 Å². The highest BCUT2D eigenvalue weighted by atomic mass is 16.5. The lowest BCUT2D eigenvalue weighted by Crippen LogP contribution is -2.39. The summed E-state index contributed by atoms with van der Waals surface area (Å²) in [6.07, 6.45) is 3.48.